The van der Waals surface area contributed by atoms with Gasteiger partial charge in [-0.2, -0.15) is 0 Å². The van der Waals surface area contributed by atoms with Crippen LogP contribution in [-0.2, 0) is 5.75 Å². The van der Waals surface area contributed by atoms with Crippen LogP contribution in [0.3, 0.4) is 0 Å². The van der Waals surface area contributed by atoms with E-state index in [1.807, 2.05) is 41.8 Å². The molecule has 0 bridgehead atoms. The summed E-state index contributed by atoms with van der Waals surface area (Å²) in [5.41, 5.74) is 1.85. The molecule has 0 saturated carbocycles. The number of nitrogens with zero attached hydrogens (tertiary/aromatic N) is 3. The monoisotopic (exact) mass is 419 g/mol. The fourth-order valence-electron chi connectivity index (χ4n) is 2.00. The summed E-state index contributed by atoms with van der Waals surface area (Å²) >= 11 is 6.43. The summed E-state index contributed by atoms with van der Waals surface area (Å²) in [5, 5.41) is 11.6. The first-order chi connectivity index (χ1) is 11.8. The van der Waals surface area contributed by atoms with Crippen LogP contribution in [0.1, 0.15) is 5.69 Å². The Labute approximate surface area is 154 Å². The molecule has 0 radical (unpaired) electrons. The maximum absolute atomic E-state index is 5.69. The molecule has 1 aromatic carbocycles. The van der Waals surface area contributed by atoms with Crippen LogP contribution in [0.5, 0.6) is 0 Å². The van der Waals surface area contributed by atoms with Crippen molar-refractivity contribution in [1.29, 1.82) is 0 Å². The predicted octanol–water partition coefficient (Wildman–Crippen LogP) is 5.51. The van der Waals surface area contributed by atoms with E-state index in [-0.39, 0.29) is 0 Å². The van der Waals surface area contributed by atoms with Crippen LogP contribution in [0.2, 0.25) is 0 Å². The third-order valence-corrected chi connectivity index (χ3v) is 5.41. The summed E-state index contributed by atoms with van der Waals surface area (Å²) in [6.45, 7) is 0. The lowest BCUT2D eigenvalue weighted by molar-refractivity contribution is 0.466. The van der Waals surface area contributed by atoms with Crippen LogP contribution >= 0.6 is 39.0 Å². The Bertz CT molecular complexity index is 933. The van der Waals surface area contributed by atoms with Crippen molar-refractivity contribution in [2.45, 2.75) is 11.0 Å². The van der Waals surface area contributed by atoms with E-state index < -0.39 is 0 Å². The van der Waals surface area contributed by atoms with Crippen molar-refractivity contribution in [3.63, 3.8) is 0 Å². The van der Waals surface area contributed by atoms with E-state index in [1.165, 1.54) is 11.8 Å². The second-order valence-corrected chi connectivity index (χ2v) is 7.49. The molecule has 0 atom stereocenters. The van der Waals surface area contributed by atoms with Crippen LogP contribution in [-0.4, -0.2) is 15.2 Å². The fraction of sp³-hybridized carbons (Fsp3) is 0.0625. The highest BCUT2D eigenvalue weighted by Crippen LogP contribution is 2.29. The van der Waals surface area contributed by atoms with Gasteiger partial charge in [-0.25, -0.2) is 4.98 Å². The van der Waals surface area contributed by atoms with E-state index in [2.05, 4.69) is 31.1 Å². The van der Waals surface area contributed by atoms with Gasteiger partial charge in [-0.1, -0.05) is 27.7 Å². The average molecular weight is 420 g/mol. The van der Waals surface area contributed by atoms with Crippen molar-refractivity contribution >= 4 is 39.0 Å². The molecule has 0 spiro atoms. The molecule has 24 heavy (non-hydrogen) atoms. The molecule has 0 unspecified atom stereocenters. The van der Waals surface area contributed by atoms with Gasteiger partial charge in [0.15, 0.2) is 10.8 Å². The molecule has 120 valence electrons. The first kappa shape index (κ1) is 15.6. The van der Waals surface area contributed by atoms with Crippen molar-refractivity contribution < 1.29 is 8.83 Å². The topological polar surface area (TPSA) is 65.0 Å². The minimum absolute atomic E-state index is 0.513. The fourth-order valence-corrected chi connectivity index (χ4v) is 3.81. The van der Waals surface area contributed by atoms with Crippen molar-refractivity contribution in [2.75, 3.05) is 0 Å². The minimum atomic E-state index is 0.513. The van der Waals surface area contributed by atoms with Gasteiger partial charge in [0.25, 0.3) is 5.22 Å². The SMILES string of the molecule is Brc1ccc(-c2nnc(SCc3csc(-c4ccco4)n3)o2)cc1. The quantitative estimate of drug-likeness (QED) is 0.397. The summed E-state index contributed by atoms with van der Waals surface area (Å²) in [5.74, 6) is 1.96. The lowest BCUT2D eigenvalue weighted by Crippen LogP contribution is -1.81. The van der Waals surface area contributed by atoms with Crippen molar-refractivity contribution in [1.82, 2.24) is 15.2 Å². The molecule has 3 heterocycles. The maximum atomic E-state index is 5.69. The van der Waals surface area contributed by atoms with Crippen LogP contribution in [0, 0.1) is 0 Å². The number of benzene rings is 1. The number of hydrogen-bond donors (Lipinski definition) is 0. The maximum Gasteiger partial charge on any atom is 0.277 e. The van der Waals surface area contributed by atoms with Gasteiger partial charge in [0.05, 0.1) is 12.0 Å². The summed E-state index contributed by atoms with van der Waals surface area (Å²) in [7, 11) is 0. The van der Waals surface area contributed by atoms with E-state index in [9.17, 15) is 0 Å². The highest BCUT2D eigenvalue weighted by atomic mass is 79.9. The van der Waals surface area contributed by atoms with Crippen LogP contribution in [0.25, 0.3) is 22.2 Å². The van der Waals surface area contributed by atoms with E-state index in [0.717, 1.165) is 26.5 Å². The lowest BCUT2D eigenvalue weighted by atomic mass is 10.2. The Balaban J connectivity index is 1.42. The summed E-state index contributed by atoms with van der Waals surface area (Å²) < 4.78 is 12.1. The molecular formula is C16H10BrN3O2S2. The third-order valence-electron chi connectivity index (χ3n) is 3.12. The van der Waals surface area contributed by atoms with Gasteiger partial charge in [0, 0.05) is 21.2 Å². The third kappa shape index (κ3) is 3.45. The molecule has 8 heteroatoms. The van der Waals surface area contributed by atoms with Crippen LogP contribution in [0.15, 0.2) is 66.6 Å². The van der Waals surface area contributed by atoms with Crippen LogP contribution < -0.4 is 0 Å². The number of hydrogen-bond acceptors (Lipinski definition) is 7. The largest absolute Gasteiger partial charge is 0.462 e. The molecule has 0 saturated heterocycles. The molecular weight excluding hydrogens is 410 g/mol. The minimum Gasteiger partial charge on any atom is -0.462 e. The summed E-state index contributed by atoms with van der Waals surface area (Å²) in [6.07, 6.45) is 1.65. The van der Waals surface area contributed by atoms with Gasteiger partial charge in [0.2, 0.25) is 5.89 Å². The second kappa shape index (κ2) is 6.92. The highest BCUT2D eigenvalue weighted by Gasteiger charge is 2.11. The first-order valence-electron chi connectivity index (χ1n) is 6.98. The van der Waals surface area contributed by atoms with Crippen molar-refractivity contribution in [2.24, 2.45) is 0 Å². The van der Waals surface area contributed by atoms with E-state index in [0.29, 0.717) is 16.9 Å². The molecule has 5 nitrogen and oxygen atoms in total. The van der Waals surface area contributed by atoms with E-state index >= 15 is 0 Å². The zero-order valence-corrected chi connectivity index (χ0v) is 15.4. The molecule has 0 fully saturated rings. The molecule has 4 rings (SSSR count). The molecule has 4 aromatic rings. The number of aromatic nitrogens is 3. The molecule has 0 aliphatic rings. The number of furan rings is 1. The highest BCUT2D eigenvalue weighted by molar-refractivity contribution is 9.10. The smallest absolute Gasteiger partial charge is 0.277 e. The Morgan fingerprint density at radius 2 is 2.00 bits per heavy atom. The Hall–Kier alpha value is -1.90. The first-order valence-corrected chi connectivity index (χ1v) is 9.64. The lowest BCUT2D eigenvalue weighted by Gasteiger charge is -1.95. The van der Waals surface area contributed by atoms with Gasteiger partial charge in [0.1, 0.15) is 0 Å². The second-order valence-electron chi connectivity index (χ2n) is 4.79. The van der Waals surface area contributed by atoms with Gasteiger partial charge < -0.3 is 8.83 Å². The normalized spacial score (nSPS) is 11.0. The standard InChI is InChI=1S/C16H10BrN3O2S2/c17-11-5-3-10(4-6-11)14-19-20-16(22-14)24-9-12-8-23-15(18-12)13-2-1-7-21-13/h1-8H,9H2. The Kier molecular flexibility index (Phi) is 4.50. The number of thiazole rings is 1. The number of thioether (sulfide) groups is 1. The van der Waals surface area contributed by atoms with Crippen molar-refractivity contribution in [3.05, 3.63) is 58.2 Å². The van der Waals surface area contributed by atoms with E-state index in [1.54, 1.807) is 17.6 Å². The average Bonchev–Trinajstić information content (AvgIpc) is 3.34. The van der Waals surface area contributed by atoms with E-state index in [4.69, 9.17) is 8.83 Å². The van der Waals surface area contributed by atoms with Crippen molar-refractivity contribution in [3.8, 4) is 22.2 Å². The molecule has 3 aromatic heterocycles. The van der Waals surface area contributed by atoms with Gasteiger partial charge in [-0.05, 0) is 36.4 Å². The van der Waals surface area contributed by atoms with Crippen LogP contribution in [0.4, 0.5) is 0 Å². The Morgan fingerprint density at radius 1 is 1.12 bits per heavy atom. The zero-order chi connectivity index (χ0) is 16.4. The number of rotatable bonds is 5. The molecule has 0 aliphatic carbocycles. The summed E-state index contributed by atoms with van der Waals surface area (Å²) in [4.78, 5) is 4.55. The van der Waals surface area contributed by atoms with Gasteiger partial charge in [-0.3, -0.25) is 0 Å². The summed E-state index contributed by atoms with van der Waals surface area (Å²) in [6, 6.07) is 11.5. The van der Waals surface area contributed by atoms with Gasteiger partial charge in [-0.15, -0.1) is 21.5 Å². The zero-order valence-electron chi connectivity index (χ0n) is 12.2. The molecule has 0 N–H and O–H groups in total. The number of halogens is 1. The molecule has 0 amide bonds. The predicted molar refractivity (Wildman–Crippen MR) is 96.8 cm³/mol. The van der Waals surface area contributed by atoms with Gasteiger partial charge >= 0.3 is 0 Å². The Morgan fingerprint density at radius 3 is 2.79 bits per heavy atom. The molecule has 0 aliphatic heterocycles.